The first kappa shape index (κ1) is 15.2. The highest BCUT2D eigenvalue weighted by Crippen LogP contribution is 2.32. The second-order valence-corrected chi connectivity index (χ2v) is 6.44. The standard InChI is InChI=1S/C16H20N6O2/c1-9-4-10(2)22-12(6-17-16(22)18-9)7-21-8-13(23)5-14(21)15-19-11(3)20-24-15/h4,6,13-14,23H,5,7-8H2,1-3H3/t13-,14+/m0/s1. The average Bonchev–Trinajstić information content (AvgIpc) is 3.19. The molecule has 1 N–H and O–H groups in total. The highest BCUT2D eigenvalue weighted by atomic mass is 16.5. The Kier molecular flexibility index (Phi) is 3.58. The number of aliphatic hydroxyl groups is 1. The highest BCUT2D eigenvalue weighted by molar-refractivity contribution is 5.35. The van der Waals surface area contributed by atoms with Gasteiger partial charge in [-0.1, -0.05) is 5.16 Å². The predicted octanol–water partition coefficient (Wildman–Crippen LogP) is 1.35. The van der Waals surface area contributed by atoms with Gasteiger partial charge >= 0.3 is 0 Å². The van der Waals surface area contributed by atoms with Gasteiger partial charge in [-0.05, 0) is 33.3 Å². The molecule has 1 aliphatic heterocycles. The summed E-state index contributed by atoms with van der Waals surface area (Å²) in [6, 6.07) is 1.96. The summed E-state index contributed by atoms with van der Waals surface area (Å²) >= 11 is 0. The van der Waals surface area contributed by atoms with E-state index in [0.29, 0.717) is 37.0 Å². The molecule has 4 heterocycles. The number of fused-ring (bicyclic) bond motifs is 1. The van der Waals surface area contributed by atoms with Crippen LogP contribution >= 0.6 is 0 Å². The fraction of sp³-hybridized carbons (Fsp3) is 0.500. The number of likely N-dealkylation sites (tertiary alicyclic amines) is 1. The van der Waals surface area contributed by atoms with Crippen LogP contribution in [0.2, 0.25) is 0 Å². The quantitative estimate of drug-likeness (QED) is 0.775. The lowest BCUT2D eigenvalue weighted by molar-refractivity contribution is 0.168. The van der Waals surface area contributed by atoms with E-state index >= 15 is 0 Å². The van der Waals surface area contributed by atoms with Crippen LogP contribution in [0.15, 0.2) is 16.8 Å². The van der Waals surface area contributed by atoms with E-state index < -0.39 is 6.10 Å². The maximum absolute atomic E-state index is 10.1. The van der Waals surface area contributed by atoms with Crippen LogP contribution in [0, 0.1) is 20.8 Å². The Morgan fingerprint density at radius 1 is 1.29 bits per heavy atom. The van der Waals surface area contributed by atoms with Crippen molar-refractivity contribution in [3.8, 4) is 0 Å². The highest BCUT2D eigenvalue weighted by Gasteiger charge is 2.36. The lowest BCUT2D eigenvalue weighted by Gasteiger charge is -2.21. The van der Waals surface area contributed by atoms with E-state index in [-0.39, 0.29) is 6.04 Å². The van der Waals surface area contributed by atoms with Gasteiger partial charge in [0.1, 0.15) is 0 Å². The summed E-state index contributed by atoms with van der Waals surface area (Å²) < 4.78 is 7.37. The molecule has 0 amide bonds. The van der Waals surface area contributed by atoms with E-state index in [2.05, 4.69) is 25.0 Å². The molecule has 1 saturated heterocycles. The summed E-state index contributed by atoms with van der Waals surface area (Å²) in [5.41, 5.74) is 3.08. The van der Waals surface area contributed by atoms with Crippen LogP contribution in [-0.4, -0.2) is 47.2 Å². The first-order chi connectivity index (χ1) is 11.5. The number of imidazole rings is 1. The maximum Gasteiger partial charge on any atom is 0.244 e. The summed E-state index contributed by atoms with van der Waals surface area (Å²) in [5.74, 6) is 1.87. The molecular formula is C16H20N6O2. The zero-order valence-corrected chi connectivity index (χ0v) is 14.0. The van der Waals surface area contributed by atoms with Gasteiger partial charge in [0.25, 0.3) is 0 Å². The lowest BCUT2D eigenvalue weighted by Crippen LogP contribution is -2.25. The zero-order valence-electron chi connectivity index (χ0n) is 14.0. The van der Waals surface area contributed by atoms with Crippen LogP contribution < -0.4 is 0 Å². The topological polar surface area (TPSA) is 92.6 Å². The number of aromatic nitrogens is 5. The van der Waals surface area contributed by atoms with E-state index in [0.717, 1.165) is 17.1 Å². The zero-order chi connectivity index (χ0) is 16.8. The molecule has 3 aromatic heterocycles. The summed E-state index contributed by atoms with van der Waals surface area (Å²) in [6.07, 6.45) is 2.03. The monoisotopic (exact) mass is 328 g/mol. The van der Waals surface area contributed by atoms with Gasteiger partial charge < -0.3 is 9.63 Å². The van der Waals surface area contributed by atoms with Crippen molar-refractivity contribution in [2.45, 2.75) is 45.9 Å². The van der Waals surface area contributed by atoms with Crippen molar-refractivity contribution < 1.29 is 9.63 Å². The number of aryl methyl sites for hydroxylation is 3. The van der Waals surface area contributed by atoms with Crippen molar-refractivity contribution in [1.82, 2.24) is 29.4 Å². The lowest BCUT2D eigenvalue weighted by atomic mass is 10.2. The molecule has 1 fully saturated rings. The summed E-state index contributed by atoms with van der Waals surface area (Å²) in [4.78, 5) is 15.4. The Labute approximate surface area is 139 Å². The number of rotatable bonds is 3. The largest absolute Gasteiger partial charge is 0.392 e. The predicted molar refractivity (Wildman–Crippen MR) is 85.3 cm³/mol. The molecule has 0 spiro atoms. The third-order valence-electron chi connectivity index (χ3n) is 4.44. The molecule has 2 atom stereocenters. The summed E-state index contributed by atoms with van der Waals surface area (Å²) in [5, 5.41) is 14.0. The van der Waals surface area contributed by atoms with Crippen molar-refractivity contribution in [3.63, 3.8) is 0 Å². The second kappa shape index (κ2) is 5.64. The van der Waals surface area contributed by atoms with Gasteiger partial charge in [0.2, 0.25) is 11.7 Å². The molecule has 0 radical (unpaired) electrons. The Morgan fingerprint density at radius 3 is 2.88 bits per heavy atom. The fourth-order valence-electron chi connectivity index (χ4n) is 3.48. The van der Waals surface area contributed by atoms with E-state index in [1.165, 1.54) is 0 Å². The summed E-state index contributed by atoms with van der Waals surface area (Å²) in [6.45, 7) is 7.01. The molecule has 4 rings (SSSR count). The van der Waals surface area contributed by atoms with Crippen LogP contribution in [0.4, 0.5) is 0 Å². The number of β-amino-alcohol motifs (C(OH)–C–C–N with tert-alkyl or cyclic N) is 1. The number of nitrogens with zero attached hydrogens (tertiary/aromatic N) is 6. The van der Waals surface area contributed by atoms with Crippen LogP contribution in [0.3, 0.4) is 0 Å². The SMILES string of the molecule is Cc1cc(C)n2c(CN3C[C@@H](O)C[C@@H]3c3nc(C)no3)cnc2n1. The van der Waals surface area contributed by atoms with Crippen LogP contribution in [0.25, 0.3) is 5.78 Å². The Hall–Kier alpha value is -2.32. The molecule has 1 aliphatic rings. The fourth-order valence-corrected chi connectivity index (χ4v) is 3.48. The van der Waals surface area contributed by atoms with Gasteiger partial charge in [-0.25, -0.2) is 9.97 Å². The Bertz CT molecular complexity index is 886. The van der Waals surface area contributed by atoms with Crippen LogP contribution in [0.1, 0.15) is 41.3 Å². The molecule has 0 aromatic carbocycles. The molecular weight excluding hydrogens is 308 g/mol. The van der Waals surface area contributed by atoms with Crippen molar-refractivity contribution in [2.24, 2.45) is 0 Å². The average molecular weight is 328 g/mol. The van der Waals surface area contributed by atoms with Gasteiger partial charge in [0.15, 0.2) is 5.82 Å². The van der Waals surface area contributed by atoms with Crippen molar-refractivity contribution in [3.05, 3.63) is 41.1 Å². The van der Waals surface area contributed by atoms with E-state index in [4.69, 9.17) is 4.52 Å². The molecule has 8 nitrogen and oxygen atoms in total. The minimum absolute atomic E-state index is 0.0783. The normalized spacial score (nSPS) is 21.8. The van der Waals surface area contributed by atoms with Gasteiger partial charge in [-0.3, -0.25) is 9.30 Å². The molecule has 126 valence electrons. The van der Waals surface area contributed by atoms with Gasteiger partial charge in [-0.15, -0.1) is 0 Å². The molecule has 0 unspecified atom stereocenters. The molecule has 8 heteroatoms. The maximum atomic E-state index is 10.1. The first-order valence-electron chi connectivity index (χ1n) is 8.04. The van der Waals surface area contributed by atoms with E-state index in [1.807, 2.05) is 30.5 Å². The minimum atomic E-state index is -0.400. The van der Waals surface area contributed by atoms with E-state index in [1.54, 1.807) is 6.92 Å². The molecule has 24 heavy (non-hydrogen) atoms. The third kappa shape index (κ3) is 2.57. The van der Waals surface area contributed by atoms with Gasteiger partial charge in [-0.2, -0.15) is 4.98 Å². The van der Waals surface area contributed by atoms with Crippen LogP contribution in [-0.2, 0) is 6.54 Å². The van der Waals surface area contributed by atoms with E-state index in [9.17, 15) is 5.11 Å². The molecule has 0 aliphatic carbocycles. The van der Waals surface area contributed by atoms with Gasteiger partial charge in [0.05, 0.1) is 24.0 Å². The molecule has 3 aromatic rings. The smallest absolute Gasteiger partial charge is 0.244 e. The number of hydrogen-bond acceptors (Lipinski definition) is 7. The van der Waals surface area contributed by atoms with Crippen LogP contribution in [0.5, 0.6) is 0 Å². The Morgan fingerprint density at radius 2 is 2.12 bits per heavy atom. The van der Waals surface area contributed by atoms with Crippen molar-refractivity contribution in [2.75, 3.05) is 6.54 Å². The first-order valence-corrected chi connectivity index (χ1v) is 8.04. The minimum Gasteiger partial charge on any atom is -0.392 e. The molecule has 0 bridgehead atoms. The van der Waals surface area contributed by atoms with Crippen molar-refractivity contribution >= 4 is 5.78 Å². The molecule has 0 saturated carbocycles. The second-order valence-electron chi connectivity index (χ2n) is 6.44. The van der Waals surface area contributed by atoms with Crippen molar-refractivity contribution in [1.29, 1.82) is 0 Å². The van der Waals surface area contributed by atoms with Gasteiger partial charge in [0, 0.05) is 24.5 Å². The number of hydrogen-bond donors (Lipinski definition) is 1. The summed E-state index contributed by atoms with van der Waals surface area (Å²) in [7, 11) is 0. The third-order valence-corrected chi connectivity index (χ3v) is 4.44. The Balaban J connectivity index is 1.66. The number of aliphatic hydroxyl groups excluding tert-OH is 1.